The fraction of sp³-hybridized carbons (Fsp3) is 0.300. The summed E-state index contributed by atoms with van der Waals surface area (Å²) in [4.78, 5) is 0. The van der Waals surface area contributed by atoms with Crippen molar-refractivity contribution in [3.63, 3.8) is 0 Å². The average molecular weight is 175 g/mol. The first-order valence-electron chi connectivity index (χ1n) is 4.33. The molecule has 1 aromatic carbocycles. The zero-order chi connectivity index (χ0) is 9.42. The Morgan fingerprint density at radius 3 is 2.85 bits per heavy atom. The molecule has 13 heavy (non-hydrogen) atoms. The smallest absolute Gasteiger partial charge is 0.0946 e. The van der Waals surface area contributed by atoms with E-state index in [0.717, 1.165) is 11.2 Å². The predicted molar refractivity (Wildman–Crippen MR) is 55.0 cm³/mol. The average Bonchev–Trinajstić information content (AvgIpc) is 2.42. The van der Waals surface area contributed by atoms with E-state index in [1.54, 1.807) is 0 Å². The molecule has 0 unspecified atom stereocenters. The summed E-state index contributed by atoms with van der Waals surface area (Å²) >= 11 is 0. The molecule has 3 heteroatoms. The number of rotatable bonds is 1. The Kier molecular flexibility index (Phi) is 1.72. The second kappa shape index (κ2) is 2.76. The summed E-state index contributed by atoms with van der Waals surface area (Å²) in [6.45, 7) is 2.08. The number of aryl methyl sites for hydroxylation is 2. The monoisotopic (exact) mass is 175 g/mol. The van der Waals surface area contributed by atoms with Crippen molar-refractivity contribution in [3.8, 4) is 0 Å². The van der Waals surface area contributed by atoms with E-state index in [-0.39, 0.29) is 0 Å². The molecule has 1 N–H and O–H groups in total. The maximum Gasteiger partial charge on any atom is 0.0946 e. The first-order valence-corrected chi connectivity index (χ1v) is 4.33. The van der Waals surface area contributed by atoms with Gasteiger partial charge in [-0.05, 0) is 25.1 Å². The Hall–Kier alpha value is -1.51. The highest BCUT2D eigenvalue weighted by Crippen LogP contribution is 2.20. The van der Waals surface area contributed by atoms with Gasteiger partial charge in [0.2, 0.25) is 0 Å². The third-order valence-electron chi connectivity index (χ3n) is 2.42. The standard InChI is InChI=1S/C10H13N3/c1-7-9-5-4-8(11-2)6-10(9)12-13(7)3/h4-6,11H,1-3H3. The Bertz CT molecular complexity index is 443. The number of nitrogens with zero attached hydrogens (tertiary/aromatic N) is 2. The number of nitrogens with one attached hydrogen (secondary N) is 1. The Morgan fingerprint density at radius 1 is 1.38 bits per heavy atom. The Labute approximate surface area is 77.4 Å². The fourth-order valence-electron chi connectivity index (χ4n) is 1.49. The van der Waals surface area contributed by atoms with Crippen LogP contribution in [0.4, 0.5) is 5.69 Å². The van der Waals surface area contributed by atoms with Crippen LogP contribution in [-0.2, 0) is 7.05 Å². The molecule has 68 valence electrons. The van der Waals surface area contributed by atoms with Gasteiger partial charge in [-0.3, -0.25) is 4.68 Å². The molecule has 0 radical (unpaired) electrons. The largest absolute Gasteiger partial charge is 0.388 e. The lowest BCUT2D eigenvalue weighted by Gasteiger charge is -1.97. The van der Waals surface area contributed by atoms with Gasteiger partial charge in [0.25, 0.3) is 0 Å². The van der Waals surface area contributed by atoms with Crippen molar-refractivity contribution in [2.24, 2.45) is 7.05 Å². The predicted octanol–water partition coefficient (Wildman–Crippen LogP) is 1.92. The molecule has 0 saturated heterocycles. The number of hydrogen-bond donors (Lipinski definition) is 1. The van der Waals surface area contributed by atoms with Gasteiger partial charge in [0.1, 0.15) is 0 Å². The van der Waals surface area contributed by atoms with Crippen molar-refractivity contribution in [1.29, 1.82) is 0 Å². The summed E-state index contributed by atoms with van der Waals surface area (Å²) in [7, 11) is 3.88. The third kappa shape index (κ3) is 1.16. The van der Waals surface area contributed by atoms with Crippen LogP contribution in [0.3, 0.4) is 0 Å². The van der Waals surface area contributed by atoms with Crippen molar-refractivity contribution in [3.05, 3.63) is 23.9 Å². The number of anilines is 1. The molecule has 1 aromatic heterocycles. The van der Waals surface area contributed by atoms with E-state index in [9.17, 15) is 0 Å². The van der Waals surface area contributed by atoms with Gasteiger partial charge in [-0.2, -0.15) is 5.10 Å². The zero-order valence-electron chi connectivity index (χ0n) is 8.13. The minimum Gasteiger partial charge on any atom is -0.388 e. The summed E-state index contributed by atoms with van der Waals surface area (Å²) in [5.74, 6) is 0. The lowest BCUT2D eigenvalue weighted by atomic mass is 10.2. The molecule has 0 aliphatic heterocycles. The van der Waals surface area contributed by atoms with E-state index in [2.05, 4.69) is 35.5 Å². The molecule has 0 aliphatic rings. The van der Waals surface area contributed by atoms with Crippen molar-refractivity contribution in [2.45, 2.75) is 6.92 Å². The van der Waals surface area contributed by atoms with Crippen LogP contribution in [0.25, 0.3) is 10.9 Å². The molecule has 0 fully saturated rings. The molecule has 2 aromatic rings. The SMILES string of the molecule is CNc1ccc2c(C)n(C)nc2c1. The van der Waals surface area contributed by atoms with Gasteiger partial charge in [-0.25, -0.2) is 0 Å². The molecule has 0 amide bonds. The molecule has 0 bridgehead atoms. The van der Waals surface area contributed by atoms with Crippen molar-refractivity contribution in [2.75, 3.05) is 12.4 Å². The second-order valence-corrected chi connectivity index (χ2v) is 3.19. The van der Waals surface area contributed by atoms with Crippen molar-refractivity contribution < 1.29 is 0 Å². The maximum absolute atomic E-state index is 4.40. The van der Waals surface area contributed by atoms with Gasteiger partial charge in [-0.1, -0.05) is 0 Å². The van der Waals surface area contributed by atoms with Gasteiger partial charge >= 0.3 is 0 Å². The zero-order valence-corrected chi connectivity index (χ0v) is 8.13. The van der Waals surface area contributed by atoms with E-state index >= 15 is 0 Å². The molecule has 0 aliphatic carbocycles. The van der Waals surface area contributed by atoms with Crippen LogP contribution in [0.5, 0.6) is 0 Å². The molecule has 1 heterocycles. The molecule has 2 rings (SSSR count). The van der Waals surface area contributed by atoms with E-state index in [1.807, 2.05) is 18.8 Å². The highest BCUT2D eigenvalue weighted by Gasteiger charge is 2.03. The Morgan fingerprint density at radius 2 is 2.15 bits per heavy atom. The van der Waals surface area contributed by atoms with Crippen molar-refractivity contribution in [1.82, 2.24) is 9.78 Å². The highest BCUT2D eigenvalue weighted by molar-refractivity contribution is 5.84. The van der Waals surface area contributed by atoms with Gasteiger partial charge in [0.15, 0.2) is 0 Å². The van der Waals surface area contributed by atoms with Crippen LogP contribution in [0.2, 0.25) is 0 Å². The Balaban J connectivity index is 2.73. The molecule has 0 saturated carbocycles. The van der Waals surface area contributed by atoms with Crippen LogP contribution in [0.15, 0.2) is 18.2 Å². The lowest BCUT2D eigenvalue weighted by molar-refractivity contribution is 0.751. The van der Waals surface area contributed by atoms with Gasteiger partial charge in [-0.15, -0.1) is 0 Å². The summed E-state index contributed by atoms with van der Waals surface area (Å²) in [6.07, 6.45) is 0. The van der Waals surface area contributed by atoms with Gasteiger partial charge in [0, 0.05) is 30.9 Å². The number of hydrogen-bond acceptors (Lipinski definition) is 2. The minimum absolute atomic E-state index is 1.05. The fourth-order valence-corrected chi connectivity index (χ4v) is 1.49. The summed E-state index contributed by atoms with van der Waals surface area (Å²) in [5.41, 5.74) is 3.36. The number of fused-ring (bicyclic) bond motifs is 1. The maximum atomic E-state index is 4.40. The molecular formula is C10H13N3. The first kappa shape index (κ1) is 8.10. The number of benzene rings is 1. The van der Waals surface area contributed by atoms with E-state index in [1.165, 1.54) is 11.1 Å². The molecule has 0 spiro atoms. The molecule has 0 atom stereocenters. The summed E-state index contributed by atoms with van der Waals surface area (Å²) in [6, 6.07) is 6.23. The van der Waals surface area contributed by atoms with Gasteiger partial charge in [0.05, 0.1) is 5.52 Å². The van der Waals surface area contributed by atoms with E-state index < -0.39 is 0 Å². The first-order chi connectivity index (χ1) is 6.22. The van der Waals surface area contributed by atoms with Crippen LogP contribution in [0, 0.1) is 6.92 Å². The third-order valence-corrected chi connectivity index (χ3v) is 2.42. The van der Waals surface area contributed by atoms with E-state index in [4.69, 9.17) is 0 Å². The lowest BCUT2D eigenvalue weighted by Crippen LogP contribution is -1.91. The highest BCUT2D eigenvalue weighted by atomic mass is 15.3. The minimum atomic E-state index is 1.05. The van der Waals surface area contributed by atoms with E-state index in [0.29, 0.717) is 0 Å². The summed E-state index contributed by atoms with van der Waals surface area (Å²) < 4.78 is 1.91. The van der Waals surface area contributed by atoms with Crippen LogP contribution >= 0.6 is 0 Å². The molecular weight excluding hydrogens is 162 g/mol. The quantitative estimate of drug-likeness (QED) is 0.717. The second-order valence-electron chi connectivity index (χ2n) is 3.19. The van der Waals surface area contributed by atoms with Crippen molar-refractivity contribution >= 4 is 16.6 Å². The van der Waals surface area contributed by atoms with Gasteiger partial charge < -0.3 is 5.32 Å². The normalized spacial score (nSPS) is 10.7. The molecule has 3 nitrogen and oxygen atoms in total. The van der Waals surface area contributed by atoms with Crippen LogP contribution in [-0.4, -0.2) is 16.8 Å². The van der Waals surface area contributed by atoms with Crippen LogP contribution in [0.1, 0.15) is 5.69 Å². The van der Waals surface area contributed by atoms with Crippen LogP contribution < -0.4 is 5.32 Å². The topological polar surface area (TPSA) is 29.9 Å². The number of aromatic nitrogens is 2. The summed E-state index contributed by atoms with van der Waals surface area (Å²) in [5, 5.41) is 8.72.